The van der Waals surface area contributed by atoms with E-state index in [4.69, 9.17) is 0 Å². The molecular formula is C13H14N4O2. The average Bonchev–Trinajstić information content (AvgIpc) is 3.08. The average molecular weight is 258 g/mol. The molecule has 1 saturated carbocycles. The van der Waals surface area contributed by atoms with E-state index in [1.165, 1.54) is 0 Å². The molecule has 2 aromatic heterocycles. The van der Waals surface area contributed by atoms with E-state index < -0.39 is 5.97 Å². The molecule has 2 aromatic rings. The molecule has 0 saturated heterocycles. The lowest BCUT2D eigenvalue weighted by Crippen LogP contribution is -2.09. The summed E-state index contributed by atoms with van der Waals surface area (Å²) < 4.78 is 1.77. The van der Waals surface area contributed by atoms with Crippen LogP contribution in [0.3, 0.4) is 0 Å². The summed E-state index contributed by atoms with van der Waals surface area (Å²) >= 11 is 0. The van der Waals surface area contributed by atoms with Crippen LogP contribution in [0.1, 0.15) is 42.2 Å². The second kappa shape index (κ2) is 4.79. The molecule has 1 aliphatic rings. The van der Waals surface area contributed by atoms with Gasteiger partial charge in [-0.05, 0) is 25.0 Å². The third-order valence-corrected chi connectivity index (χ3v) is 3.52. The summed E-state index contributed by atoms with van der Waals surface area (Å²) in [6.45, 7) is 0. The Labute approximate surface area is 110 Å². The van der Waals surface area contributed by atoms with Crippen molar-refractivity contribution in [3.63, 3.8) is 0 Å². The number of aromatic nitrogens is 4. The SMILES string of the molecule is O=C(O)c1nnn(C2CCCC2)c1-c1ccncc1. The summed E-state index contributed by atoms with van der Waals surface area (Å²) in [7, 11) is 0. The zero-order chi connectivity index (χ0) is 13.2. The molecule has 6 nitrogen and oxygen atoms in total. The van der Waals surface area contributed by atoms with Crippen LogP contribution in [-0.2, 0) is 0 Å². The van der Waals surface area contributed by atoms with Crippen molar-refractivity contribution >= 4 is 5.97 Å². The second-order valence-corrected chi connectivity index (χ2v) is 4.71. The van der Waals surface area contributed by atoms with Crippen LogP contribution in [0, 0.1) is 0 Å². The Balaban J connectivity index is 2.13. The van der Waals surface area contributed by atoms with Crippen LogP contribution in [0.25, 0.3) is 11.3 Å². The van der Waals surface area contributed by atoms with E-state index in [0.29, 0.717) is 5.69 Å². The minimum Gasteiger partial charge on any atom is -0.476 e. The van der Waals surface area contributed by atoms with Crippen molar-refractivity contribution in [3.05, 3.63) is 30.2 Å². The molecule has 2 heterocycles. The van der Waals surface area contributed by atoms with E-state index in [9.17, 15) is 9.90 Å². The Morgan fingerprint density at radius 1 is 1.26 bits per heavy atom. The van der Waals surface area contributed by atoms with Crippen molar-refractivity contribution in [3.8, 4) is 11.3 Å². The van der Waals surface area contributed by atoms with Crippen LogP contribution in [0.4, 0.5) is 0 Å². The fourth-order valence-corrected chi connectivity index (χ4v) is 2.62. The summed E-state index contributed by atoms with van der Waals surface area (Å²) in [6.07, 6.45) is 7.66. The van der Waals surface area contributed by atoms with Crippen molar-refractivity contribution < 1.29 is 9.90 Å². The summed E-state index contributed by atoms with van der Waals surface area (Å²) in [5.74, 6) is -1.05. The summed E-state index contributed by atoms with van der Waals surface area (Å²) in [5.41, 5.74) is 1.39. The quantitative estimate of drug-likeness (QED) is 0.912. The molecule has 0 aliphatic heterocycles. The highest BCUT2D eigenvalue weighted by atomic mass is 16.4. The van der Waals surface area contributed by atoms with Crippen LogP contribution < -0.4 is 0 Å². The number of carboxylic acid groups (broad SMARTS) is 1. The third-order valence-electron chi connectivity index (χ3n) is 3.52. The van der Waals surface area contributed by atoms with Gasteiger partial charge < -0.3 is 5.11 Å². The van der Waals surface area contributed by atoms with Gasteiger partial charge in [-0.25, -0.2) is 9.48 Å². The smallest absolute Gasteiger partial charge is 0.358 e. The molecule has 0 aromatic carbocycles. The van der Waals surface area contributed by atoms with Gasteiger partial charge >= 0.3 is 5.97 Å². The second-order valence-electron chi connectivity index (χ2n) is 4.71. The Bertz CT molecular complexity index is 588. The van der Waals surface area contributed by atoms with Gasteiger partial charge in [0, 0.05) is 18.0 Å². The Morgan fingerprint density at radius 3 is 2.58 bits per heavy atom. The third kappa shape index (κ3) is 2.09. The highest BCUT2D eigenvalue weighted by Crippen LogP contribution is 2.33. The van der Waals surface area contributed by atoms with Crippen molar-refractivity contribution in [2.75, 3.05) is 0 Å². The van der Waals surface area contributed by atoms with Crippen molar-refractivity contribution in [1.29, 1.82) is 0 Å². The maximum Gasteiger partial charge on any atom is 0.358 e. The van der Waals surface area contributed by atoms with E-state index in [1.807, 2.05) is 0 Å². The molecule has 0 radical (unpaired) electrons. The Hall–Kier alpha value is -2.24. The lowest BCUT2D eigenvalue weighted by molar-refractivity contribution is 0.0691. The number of pyridine rings is 1. The molecule has 0 amide bonds. The molecule has 98 valence electrons. The van der Waals surface area contributed by atoms with Crippen LogP contribution in [-0.4, -0.2) is 31.1 Å². The molecule has 1 N–H and O–H groups in total. The minimum absolute atomic E-state index is 0.0121. The first kappa shape index (κ1) is 11.8. The number of aromatic carboxylic acids is 1. The number of rotatable bonds is 3. The molecular weight excluding hydrogens is 244 g/mol. The van der Waals surface area contributed by atoms with Gasteiger partial charge in [-0.15, -0.1) is 5.10 Å². The lowest BCUT2D eigenvalue weighted by atomic mass is 10.1. The fraction of sp³-hybridized carbons (Fsp3) is 0.385. The molecule has 1 fully saturated rings. The zero-order valence-electron chi connectivity index (χ0n) is 10.4. The fourth-order valence-electron chi connectivity index (χ4n) is 2.62. The standard InChI is InChI=1S/C13H14N4O2/c18-13(19)11-12(9-5-7-14-8-6-9)17(16-15-11)10-3-1-2-4-10/h5-8,10H,1-4H2,(H,18,19). The highest BCUT2D eigenvalue weighted by Gasteiger charge is 2.26. The van der Waals surface area contributed by atoms with Crippen LogP contribution in [0.15, 0.2) is 24.5 Å². The minimum atomic E-state index is -1.05. The Kier molecular flexibility index (Phi) is 2.98. The molecule has 1 aliphatic carbocycles. The van der Waals surface area contributed by atoms with Gasteiger partial charge in [0.2, 0.25) is 0 Å². The van der Waals surface area contributed by atoms with Gasteiger partial charge in [-0.3, -0.25) is 4.98 Å². The molecule has 0 unspecified atom stereocenters. The summed E-state index contributed by atoms with van der Waals surface area (Å²) in [5, 5.41) is 17.1. The monoisotopic (exact) mass is 258 g/mol. The number of carbonyl (C=O) groups is 1. The van der Waals surface area contributed by atoms with Gasteiger partial charge in [-0.1, -0.05) is 18.1 Å². The van der Waals surface area contributed by atoms with E-state index in [1.54, 1.807) is 29.2 Å². The highest BCUT2D eigenvalue weighted by molar-refractivity contribution is 5.92. The van der Waals surface area contributed by atoms with E-state index >= 15 is 0 Å². The molecule has 0 spiro atoms. The zero-order valence-corrected chi connectivity index (χ0v) is 10.4. The first-order chi connectivity index (χ1) is 9.27. The van der Waals surface area contributed by atoms with E-state index in [0.717, 1.165) is 31.2 Å². The molecule has 0 bridgehead atoms. The van der Waals surface area contributed by atoms with Crippen LogP contribution in [0.2, 0.25) is 0 Å². The molecule has 3 rings (SSSR count). The van der Waals surface area contributed by atoms with Crippen molar-refractivity contribution in [2.24, 2.45) is 0 Å². The van der Waals surface area contributed by atoms with Gasteiger partial charge in [0.05, 0.1) is 6.04 Å². The van der Waals surface area contributed by atoms with Crippen LogP contribution >= 0.6 is 0 Å². The number of nitrogens with zero attached hydrogens (tertiary/aromatic N) is 4. The van der Waals surface area contributed by atoms with E-state index in [-0.39, 0.29) is 11.7 Å². The summed E-state index contributed by atoms with van der Waals surface area (Å²) in [6, 6.07) is 3.83. The van der Waals surface area contributed by atoms with Gasteiger partial charge in [0.25, 0.3) is 0 Å². The molecule has 0 atom stereocenters. The number of hydrogen-bond donors (Lipinski definition) is 1. The topological polar surface area (TPSA) is 80.9 Å². The van der Waals surface area contributed by atoms with Crippen molar-refractivity contribution in [1.82, 2.24) is 20.0 Å². The van der Waals surface area contributed by atoms with Crippen LogP contribution in [0.5, 0.6) is 0 Å². The van der Waals surface area contributed by atoms with Crippen molar-refractivity contribution in [2.45, 2.75) is 31.7 Å². The first-order valence-corrected chi connectivity index (χ1v) is 6.36. The normalized spacial score (nSPS) is 15.8. The largest absolute Gasteiger partial charge is 0.476 e. The predicted molar refractivity (Wildman–Crippen MR) is 67.7 cm³/mol. The Morgan fingerprint density at radius 2 is 1.95 bits per heavy atom. The maximum absolute atomic E-state index is 11.3. The van der Waals surface area contributed by atoms with Gasteiger partial charge in [0.1, 0.15) is 5.69 Å². The number of hydrogen-bond acceptors (Lipinski definition) is 4. The summed E-state index contributed by atoms with van der Waals surface area (Å²) in [4.78, 5) is 15.3. The van der Waals surface area contributed by atoms with E-state index in [2.05, 4.69) is 15.3 Å². The predicted octanol–water partition coefficient (Wildman–Crippen LogP) is 2.15. The van der Waals surface area contributed by atoms with Gasteiger partial charge in [0.15, 0.2) is 5.69 Å². The lowest BCUT2D eigenvalue weighted by Gasteiger charge is -2.13. The number of carboxylic acids is 1. The molecule has 19 heavy (non-hydrogen) atoms. The van der Waals surface area contributed by atoms with Gasteiger partial charge in [-0.2, -0.15) is 0 Å². The maximum atomic E-state index is 11.3. The molecule has 6 heteroatoms. The first-order valence-electron chi connectivity index (χ1n) is 6.36.